The molecule has 64 valence electrons. The molecule has 0 saturated heterocycles. The number of terminal acetylenes is 1. The zero-order chi connectivity index (χ0) is 8.69. The summed E-state index contributed by atoms with van der Waals surface area (Å²) in [6.45, 7) is 2.23. The minimum absolute atomic E-state index is 0.0345. The first kappa shape index (κ1) is 10.4. The summed E-state index contributed by atoms with van der Waals surface area (Å²) < 4.78 is 13.0. The van der Waals surface area contributed by atoms with Crippen molar-refractivity contribution in [2.24, 2.45) is 11.7 Å². The Morgan fingerprint density at radius 2 is 2.27 bits per heavy atom. The van der Waals surface area contributed by atoms with E-state index in [0.29, 0.717) is 19.4 Å². The lowest BCUT2D eigenvalue weighted by Gasteiger charge is -2.13. The Morgan fingerprint density at radius 3 is 2.73 bits per heavy atom. The van der Waals surface area contributed by atoms with Crippen LogP contribution >= 0.6 is 0 Å². The molecule has 0 aromatic carbocycles. The van der Waals surface area contributed by atoms with Gasteiger partial charge in [-0.1, -0.05) is 6.92 Å². The maximum Gasteiger partial charge on any atom is 0.104 e. The van der Waals surface area contributed by atoms with Crippen molar-refractivity contribution < 1.29 is 4.39 Å². The molecule has 0 heterocycles. The lowest BCUT2D eigenvalue weighted by Crippen LogP contribution is -2.21. The summed E-state index contributed by atoms with van der Waals surface area (Å²) in [5, 5.41) is 0. The van der Waals surface area contributed by atoms with Crippen LogP contribution in [0.4, 0.5) is 4.39 Å². The average Bonchev–Trinajstić information content (AvgIpc) is 2.03. The van der Waals surface area contributed by atoms with Gasteiger partial charge >= 0.3 is 0 Å². The Morgan fingerprint density at radius 1 is 1.64 bits per heavy atom. The van der Waals surface area contributed by atoms with Crippen LogP contribution in [-0.4, -0.2) is 12.7 Å². The number of rotatable bonds is 5. The molecular weight excluding hydrogens is 141 g/mol. The summed E-state index contributed by atoms with van der Waals surface area (Å²) in [7, 11) is 0. The second-order valence-electron chi connectivity index (χ2n) is 2.83. The molecule has 0 aliphatic rings. The van der Waals surface area contributed by atoms with Gasteiger partial charge < -0.3 is 5.73 Å². The smallest absolute Gasteiger partial charge is 0.104 e. The van der Waals surface area contributed by atoms with Gasteiger partial charge in [0, 0.05) is 6.42 Å². The molecule has 0 saturated carbocycles. The molecule has 0 amide bonds. The molecule has 2 atom stereocenters. The molecule has 2 N–H and O–H groups in total. The van der Waals surface area contributed by atoms with E-state index in [0.717, 1.165) is 6.42 Å². The SMILES string of the molecule is C#CCCCC(F)C(C)CN. The molecule has 0 radical (unpaired) electrons. The minimum atomic E-state index is -0.784. The van der Waals surface area contributed by atoms with E-state index in [9.17, 15) is 4.39 Å². The van der Waals surface area contributed by atoms with Crippen molar-refractivity contribution in [1.82, 2.24) is 0 Å². The Kier molecular flexibility index (Phi) is 5.87. The second-order valence-corrected chi connectivity index (χ2v) is 2.83. The molecule has 0 aromatic rings. The van der Waals surface area contributed by atoms with Crippen molar-refractivity contribution in [1.29, 1.82) is 0 Å². The van der Waals surface area contributed by atoms with E-state index in [-0.39, 0.29) is 5.92 Å². The van der Waals surface area contributed by atoms with E-state index >= 15 is 0 Å². The number of halogens is 1. The maximum absolute atomic E-state index is 13.0. The van der Waals surface area contributed by atoms with Crippen LogP contribution in [0, 0.1) is 18.3 Å². The van der Waals surface area contributed by atoms with E-state index in [4.69, 9.17) is 12.2 Å². The molecule has 0 rings (SSSR count). The highest BCUT2D eigenvalue weighted by Crippen LogP contribution is 2.12. The monoisotopic (exact) mass is 157 g/mol. The summed E-state index contributed by atoms with van der Waals surface area (Å²) in [6, 6.07) is 0. The van der Waals surface area contributed by atoms with Gasteiger partial charge in [-0.3, -0.25) is 0 Å². The van der Waals surface area contributed by atoms with Crippen molar-refractivity contribution >= 4 is 0 Å². The average molecular weight is 157 g/mol. The van der Waals surface area contributed by atoms with Gasteiger partial charge in [0.2, 0.25) is 0 Å². The van der Waals surface area contributed by atoms with Gasteiger partial charge in [-0.25, -0.2) is 4.39 Å². The third-order valence-corrected chi connectivity index (χ3v) is 1.79. The third-order valence-electron chi connectivity index (χ3n) is 1.79. The van der Waals surface area contributed by atoms with Crippen LogP contribution in [0.1, 0.15) is 26.2 Å². The van der Waals surface area contributed by atoms with Crippen LogP contribution in [0.15, 0.2) is 0 Å². The molecule has 0 aliphatic heterocycles. The highest BCUT2D eigenvalue weighted by atomic mass is 19.1. The van der Waals surface area contributed by atoms with Gasteiger partial charge in [-0.05, 0) is 25.3 Å². The highest BCUT2D eigenvalue weighted by molar-refractivity contribution is 4.83. The van der Waals surface area contributed by atoms with Crippen molar-refractivity contribution in [3.8, 4) is 12.3 Å². The van der Waals surface area contributed by atoms with Gasteiger partial charge in [0.15, 0.2) is 0 Å². The van der Waals surface area contributed by atoms with E-state index in [1.54, 1.807) is 0 Å². The molecule has 0 aliphatic carbocycles. The number of nitrogens with two attached hydrogens (primary N) is 1. The third kappa shape index (κ3) is 4.80. The van der Waals surface area contributed by atoms with E-state index in [1.807, 2.05) is 6.92 Å². The molecule has 2 heteroatoms. The first-order valence-corrected chi connectivity index (χ1v) is 4.00. The van der Waals surface area contributed by atoms with Crippen LogP contribution in [0.25, 0.3) is 0 Å². The van der Waals surface area contributed by atoms with Crippen LogP contribution in [0.2, 0.25) is 0 Å². The second kappa shape index (κ2) is 6.18. The molecule has 2 unspecified atom stereocenters. The van der Waals surface area contributed by atoms with Gasteiger partial charge in [0.25, 0.3) is 0 Å². The van der Waals surface area contributed by atoms with Gasteiger partial charge in [-0.2, -0.15) is 0 Å². The Hall–Kier alpha value is -0.550. The Bertz CT molecular complexity index is 128. The number of hydrogen-bond donors (Lipinski definition) is 1. The molecular formula is C9H16FN. The predicted molar refractivity (Wildman–Crippen MR) is 45.8 cm³/mol. The molecule has 0 aromatic heterocycles. The van der Waals surface area contributed by atoms with Crippen molar-refractivity contribution in [3.05, 3.63) is 0 Å². The molecule has 11 heavy (non-hydrogen) atoms. The zero-order valence-corrected chi connectivity index (χ0v) is 7.02. The first-order chi connectivity index (χ1) is 5.22. The van der Waals surface area contributed by atoms with Crippen molar-refractivity contribution in [3.63, 3.8) is 0 Å². The highest BCUT2D eigenvalue weighted by Gasteiger charge is 2.13. The first-order valence-electron chi connectivity index (χ1n) is 4.00. The van der Waals surface area contributed by atoms with Crippen LogP contribution in [0.5, 0.6) is 0 Å². The minimum Gasteiger partial charge on any atom is -0.330 e. The lowest BCUT2D eigenvalue weighted by atomic mass is 10.0. The molecule has 1 nitrogen and oxygen atoms in total. The van der Waals surface area contributed by atoms with Crippen molar-refractivity contribution in [2.45, 2.75) is 32.4 Å². The van der Waals surface area contributed by atoms with Crippen LogP contribution < -0.4 is 5.73 Å². The number of unbranched alkanes of at least 4 members (excludes halogenated alkanes) is 1. The zero-order valence-electron chi connectivity index (χ0n) is 7.02. The molecule has 0 fully saturated rings. The summed E-state index contributed by atoms with van der Waals surface area (Å²) in [6.07, 6.45) is 6.22. The Balaban J connectivity index is 3.37. The van der Waals surface area contributed by atoms with E-state index in [2.05, 4.69) is 5.92 Å². The molecule has 0 spiro atoms. The van der Waals surface area contributed by atoms with Gasteiger partial charge in [0.05, 0.1) is 0 Å². The van der Waals surface area contributed by atoms with Crippen LogP contribution in [0.3, 0.4) is 0 Å². The van der Waals surface area contributed by atoms with Gasteiger partial charge in [-0.15, -0.1) is 12.3 Å². The molecule has 0 bridgehead atoms. The number of alkyl halides is 1. The van der Waals surface area contributed by atoms with Gasteiger partial charge in [0.1, 0.15) is 6.17 Å². The Labute approximate surface area is 68.2 Å². The summed E-state index contributed by atoms with van der Waals surface area (Å²) in [5.41, 5.74) is 5.30. The normalized spacial score (nSPS) is 15.5. The fraction of sp³-hybridized carbons (Fsp3) is 0.778. The number of hydrogen-bond acceptors (Lipinski definition) is 1. The lowest BCUT2D eigenvalue weighted by molar-refractivity contribution is 0.228. The largest absolute Gasteiger partial charge is 0.330 e. The van der Waals surface area contributed by atoms with Crippen molar-refractivity contribution in [2.75, 3.05) is 6.54 Å². The van der Waals surface area contributed by atoms with E-state index in [1.165, 1.54) is 0 Å². The van der Waals surface area contributed by atoms with Crippen LogP contribution in [-0.2, 0) is 0 Å². The fourth-order valence-corrected chi connectivity index (χ4v) is 0.831. The quantitative estimate of drug-likeness (QED) is 0.477. The van der Waals surface area contributed by atoms with E-state index < -0.39 is 6.17 Å². The summed E-state index contributed by atoms with van der Waals surface area (Å²) in [4.78, 5) is 0. The fourth-order valence-electron chi connectivity index (χ4n) is 0.831. The predicted octanol–water partition coefficient (Wildman–Crippen LogP) is 1.72. The topological polar surface area (TPSA) is 26.0 Å². The standard InChI is InChI=1S/C9H16FN/c1-3-4-5-6-9(10)8(2)7-11/h1,8-9H,4-7,11H2,2H3. The maximum atomic E-state index is 13.0. The summed E-state index contributed by atoms with van der Waals surface area (Å²) in [5.74, 6) is 2.45. The summed E-state index contributed by atoms with van der Waals surface area (Å²) >= 11 is 0.